The lowest BCUT2D eigenvalue weighted by Crippen LogP contribution is -2.37. The van der Waals surface area contributed by atoms with E-state index in [1.165, 1.54) is 21.3 Å². The molecule has 3 aromatic carbocycles. The highest BCUT2D eigenvalue weighted by Crippen LogP contribution is 2.51. The summed E-state index contributed by atoms with van der Waals surface area (Å²) in [5.41, 5.74) is 1.63. The molecule has 0 N–H and O–H groups in total. The third-order valence-corrected chi connectivity index (χ3v) is 6.59. The van der Waals surface area contributed by atoms with Gasteiger partial charge in [-0.05, 0) is 30.3 Å². The Bertz CT molecular complexity index is 1280. The van der Waals surface area contributed by atoms with E-state index in [2.05, 4.69) is 0 Å². The van der Waals surface area contributed by atoms with Gasteiger partial charge in [0, 0.05) is 11.6 Å². The van der Waals surface area contributed by atoms with Gasteiger partial charge in [-0.3, -0.25) is 14.4 Å². The number of hydrogen-bond donors (Lipinski definition) is 0. The molecule has 2 amide bonds. The van der Waals surface area contributed by atoms with Crippen LogP contribution in [0.15, 0.2) is 66.7 Å². The number of benzene rings is 3. The molecule has 180 valence electrons. The molecule has 35 heavy (non-hydrogen) atoms. The maximum absolute atomic E-state index is 13.8. The minimum absolute atomic E-state index is 0.300. The van der Waals surface area contributed by atoms with Gasteiger partial charge in [-0.1, -0.05) is 41.9 Å². The number of ether oxygens (including phenoxy) is 3. The second kappa shape index (κ2) is 9.13. The number of amides is 2. The minimum Gasteiger partial charge on any atom is -0.496 e. The van der Waals surface area contributed by atoms with Gasteiger partial charge < -0.3 is 14.2 Å². The number of nitrogens with zero attached hydrogens (tertiary/aromatic N) is 2. The molecule has 3 aromatic rings. The molecule has 0 bridgehead atoms. The summed E-state index contributed by atoms with van der Waals surface area (Å²) in [4.78, 5) is 34.6. The predicted octanol–water partition coefficient (Wildman–Crippen LogP) is 4.42. The van der Waals surface area contributed by atoms with E-state index in [1.54, 1.807) is 41.5 Å². The van der Waals surface area contributed by atoms with Crippen molar-refractivity contribution in [3.63, 3.8) is 0 Å². The highest BCUT2D eigenvalue weighted by atomic mass is 35.5. The van der Waals surface area contributed by atoms with Crippen molar-refractivity contribution in [2.24, 2.45) is 5.92 Å². The van der Waals surface area contributed by atoms with Crippen LogP contribution < -0.4 is 24.2 Å². The van der Waals surface area contributed by atoms with Crippen LogP contribution in [-0.2, 0) is 14.4 Å². The molecule has 2 aliphatic rings. The van der Waals surface area contributed by atoms with Crippen LogP contribution in [0.25, 0.3) is 0 Å². The number of fused-ring (bicyclic) bond motifs is 1. The molecule has 0 saturated carbocycles. The molecule has 5 rings (SSSR count). The molecule has 8 nitrogen and oxygen atoms in total. The van der Waals surface area contributed by atoms with Crippen molar-refractivity contribution in [1.29, 1.82) is 0 Å². The van der Waals surface area contributed by atoms with E-state index in [0.717, 1.165) is 4.90 Å². The number of halogens is 1. The summed E-state index contributed by atoms with van der Waals surface area (Å²) in [6, 6.07) is 18.8. The van der Waals surface area contributed by atoms with Crippen LogP contribution in [0.2, 0.25) is 5.02 Å². The van der Waals surface area contributed by atoms with Crippen LogP contribution in [0.5, 0.6) is 17.2 Å². The second-order valence-corrected chi connectivity index (χ2v) is 8.48. The molecule has 0 aromatic heterocycles. The van der Waals surface area contributed by atoms with Crippen molar-refractivity contribution in [2.75, 3.05) is 31.3 Å². The topological polar surface area (TPSA) is 77.5 Å². The molecular weight excluding hydrogens is 472 g/mol. The Morgan fingerprint density at radius 3 is 2.09 bits per heavy atom. The Balaban J connectivity index is 1.67. The fourth-order valence-electron chi connectivity index (χ4n) is 4.68. The standard InChI is InChI=1S/C26H23ClN2O6/c1-32-19-14-21(34-3)20(33-2)13-16(19)23-22-24(35-29(23)15-9-5-4-6-10-15)26(31)28(25(22)30)18-12-8-7-11-17(18)27/h4-14,22-24H,1-3H3/t22-,23+,24+/m1/s1. The van der Waals surface area contributed by atoms with Crippen molar-refractivity contribution in [3.05, 3.63) is 77.3 Å². The van der Waals surface area contributed by atoms with Crippen LogP contribution >= 0.6 is 11.6 Å². The SMILES string of the molecule is COc1cc(OC)c([C@H]2[C@H]3C(=O)N(c4ccccc4Cl)C(=O)[C@H]3ON2c2ccccc2)cc1OC. The summed E-state index contributed by atoms with van der Waals surface area (Å²) in [6.07, 6.45) is -1.04. The highest BCUT2D eigenvalue weighted by molar-refractivity contribution is 6.36. The van der Waals surface area contributed by atoms with E-state index < -0.39 is 29.9 Å². The van der Waals surface area contributed by atoms with Gasteiger partial charge in [-0.2, -0.15) is 0 Å². The molecule has 3 atom stereocenters. The van der Waals surface area contributed by atoms with Gasteiger partial charge in [-0.15, -0.1) is 0 Å². The first kappa shape index (κ1) is 23.0. The first-order valence-corrected chi connectivity index (χ1v) is 11.3. The number of hydrogen-bond acceptors (Lipinski definition) is 7. The first-order chi connectivity index (χ1) is 17.0. The van der Waals surface area contributed by atoms with E-state index >= 15 is 0 Å². The number of para-hydroxylation sites is 2. The average molecular weight is 495 g/mol. The number of anilines is 2. The quantitative estimate of drug-likeness (QED) is 0.469. The minimum atomic E-state index is -1.04. The van der Waals surface area contributed by atoms with Crippen LogP contribution in [0.1, 0.15) is 11.6 Å². The Hall–Kier alpha value is -3.75. The van der Waals surface area contributed by atoms with Gasteiger partial charge in [-0.25, -0.2) is 9.96 Å². The van der Waals surface area contributed by atoms with E-state index in [1.807, 2.05) is 30.3 Å². The van der Waals surface area contributed by atoms with Crippen LogP contribution in [0, 0.1) is 5.92 Å². The zero-order chi connectivity index (χ0) is 24.7. The number of rotatable bonds is 6. The number of hydroxylamine groups is 1. The average Bonchev–Trinajstić information content (AvgIpc) is 3.39. The third kappa shape index (κ3) is 3.66. The maximum Gasteiger partial charge on any atom is 0.266 e. The highest BCUT2D eigenvalue weighted by Gasteiger charge is 2.61. The van der Waals surface area contributed by atoms with Gasteiger partial charge in [0.05, 0.1) is 37.7 Å². The number of methoxy groups -OCH3 is 3. The van der Waals surface area contributed by atoms with E-state index in [4.69, 9.17) is 30.6 Å². The summed E-state index contributed by atoms with van der Waals surface area (Å²) >= 11 is 6.34. The van der Waals surface area contributed by atoms with Crippen molar-refractivity contribution in [2.45, 2.75) is 12.1 Å². The summed E-state index contributed by atoms with van der Waals surface area (Å²) in [5.74, 6) is -0.342. The van der Waals surface area contributed by atoms with Gasteiger partial charge in [0.15, 0.2) is 17.6 Å². The Labute approximate surface area is 207 Å². The zero-order valence-corrected chi connectivity index (χ0v) is 20.1. The number of carbonyl (C=O) groups excluding carboxylic acids is 2. The van der Waals surface area contributed by atoms with Crippen molar-refractivity contribution >= 4 is 34.8 Å². The summed E-state index contributed by atoms with van der Waals surface area (Å²) in [5, 5.41) is 1.90. The number of carbonyl (C=O) groups is 2. The first-order valence-electron chi connectivity index (χ1n) is 10.9. The van der Waals surface area contributed by atoms with E-state index in [9.17, 15) is 9.59 Å². The van der Waals surface area contributed by atoms with Crippen molar-refractivity contribution < 1.29 is 28.6 Å². The molecule has 9 heteroatoms. The normalized spacial score (nSPS) is 21.3. The molecule has 2 aliphatic heterocycles. The maximum atomic E-state index is 13.8. The van der Waals surface area contributed by atoms with Crippen LogP contribution in [0.3, 0.4) is 0 Å². The smallest absolute Gasteiger partial charge is 0.266 e. The molecule has 0 aliphatic carbocycles. The molecule has 0 spiro atoms. The van der Waals surface area contributed by atoms with Crippen LogP contribution in [-0.4, -0.2) is 39.2 Å². The lowest BCUT2D eigenvalue weighted by atomic mass is 9.89. The van der Waals surface area contributed by atoms with Gasteiger partial charge in [0.2, 0.25) is 5.91 Å². The third-order valence-electron chi connectivity index (χ3n) is 6.27. The summed E-state index contributed by atoms with van der Waals surface area (Å²) in [7, 11) is 4.59. The zero-order valence-electron chi connectivity index (χ0n) is 19.3. The van der Waals surface area contributed by atoms with Gasteiger partial charge in [0.25, 0.3) is 5.91 Å². The van der Waals surface area contributed by atoms with E-state index in [0.29, 0.717) is 39.2 Å². The lowest BCUT2D eigenvalue weighted by Gasteiger charge is -2.30. The number of imide groups is 1. The Kier molecular flexibility index (Phi) is 6.00. The molecule has 2 heterocycles. The van der Waals surface area contributed by atoms with Gasteiger partial charge >= 0.3 is 0 Å². The van der Waals surface area contributed by atoms with Crippen LogP contribution in [0.4, 0.5) is 11.4 Å². The van der Waals surface area contributed by atoms with Gasteiger partial charge in [0.1, 0.15) is 17.7 Å². The molecule has 2 fully saturated rings. The molecule has 0 unspecified atom stereocenters. The molecular formula is C26H23ClN2O6. The molecule has 2 saturated heterocycles. The fraction of sp³-hybridized carbons (Fsp3) is 0.231. The Morgan fingerprint density at radius 1 is 0.800 bits per heavy atom. The predicted molar refractivity (Wildman–Crippen MR) is 130 cm³/mol. The fourth-order valence-corrected chi connectivity index (χ4v) is 4.90. The summed E-state index contributed by atoms with van der Waals surface area (Å²) < 4.78 is 16.6. The van der Waals surface area contributed by atoms with E-state index in [-0.39, 0.29) is 0 Å². The Morgan fingerprint density at radius 2 is 1.43 bits per heavy atom. The largest absolute Gasteiger partial charge is 0.496 e. The van der Waals surface area contributed by atoms with Crippen molar-refractivity contribution in [1.82, 2.24) is 0 Å². The molecule has 0 radical (unpaired) electrons. The van der Waals surface area contributed by atoms with Crippen molar-refractivity contribution in [3.8, 4) is 17.2 Å². The lowest BCUT2D eigenvalue weighted by molar-refractivity contribution is -0.126. The second-order valence-electron chi connectivity index (χ2n) is 8.07. The monoisotopic (exact) mass is 494 g/mol. The summed E-state index contributed by atoms with van der Waals surface area (Å²) in [6.45, 7) is 0.